The number of nitrogens with zero attached hydrogens (tertiary/aromatic N) is 3. The van der Waals surface area contributed by atoms with E-state index < -0.39 is 18.0 Å². The SMILES string of the molecule is CNC(=O)NC(=O)C(C)n1ncc(N)n1. The number of imide groups is 1. The molecule has 0 saturated heterocycles. The first kappa shape index (κ1) is 11.0. The van der Waals surface area contributed by atoms with Crippen LogP contribution in [0.2, 0.25) is 0 Å². The summed E-state index contributed by atoms with van der Waals surface area (Å²) in [4.78, 5) is 23.4. The lowest BCUT2D eigenvalue weighted by Gasteiger charge is -2.09. The second-order valence-corrected chi connectivity index (χ2v) is 2.83. The average molecular weight is 212 g/mol. The fourth-order valence-corrected chi connectivity index (χ4v) is 0.859. The highest BCUT2D eigenvalue weighted by atomic mass is 16.2. The molecular weight excluding hydrogens is 200 g/mol. The van der Waals surface area contributed by atoms with Gasteiger partial charge in [-0.05, 0) is 6.92 Å². The molecule has 1 aromatic rings. The van der Waals surface area contributed by atoms with Crippen LogP contribution in [-0.2, 0) is 4.79 Å². The quantitative estimate of drug-likeness (QED) is 0.574. The Balaban J connectivity index is 2.64. The highest BCUT2D eigenvalue weighted by Gasteiger charge is 2.18. The summed E-state index contributed by atoms with van der Waals surface area (Å²) >= 11 is 0. The number of carbonyl (C=O) groups excluding carboxylic acids is 2. The van der Waals surface area contributed by atoms with Crippen molar-refractivity contribution in [1.82, 2.24) is 25.6 Å². The summed E-state index contributed by atoms with van der Waals surface area (Å²) in [7, 11) is 1.41. The minimum Gasteiger partial charge on any atom is -0.381 e. The standard InChI is InChI=1S/C7H12N6O2/c1-4(6(14)11-7(15)9-2)13-10-3-5(8)12-13/h3-4H,1-2H3,(H2,8,12)(H2,9,11,14,15). The van der Waals surface area contributed by atoms with E-state index in [2.05, 4.69) is 20.8 Å². The molecule has 0 aliphatic heterocycles. The molecular formula is C7H12N6O2. The van der Waals surface area contributed by atoms with Gasteiger partial charge in [-0.2, -0.15) is 9.90 Å². The normalized spacial score (nSPS) is 11.9. The van der Waals surface area contributed by atoms with Gasteiger partial charge < -0.3 is 11.1 Å². The smallest absolute Gasteiger partial charge is 0.321 e. The third-order valence-electron chi connectivity index (χ3n) is 1.72. The fraction of sp³-hybridized carbons (Fsp3) is 0.429. The maximum absolute atomic E-state index is 11.4. The van der Waals surface area contributed by atoms with Crippen molar-refractivity contribution in [2.75, 3.05) is 12.8 Å². The number of hydrogen-bond acceptors (Lipinski definition) is 5. The van der Waals surface area contributed by atoms with E-state index in [1.165, 1.54) is 13.2 Å². The summed E-state index contributed by atoms with van der Waals surface area (Å²) in [6.07, 6.45) is 1.32. The zero-order valence-electron chi connectivity index (χ0n) is 8.39. The molecule has 8 nitrogen and oxygen atoms in total. The molecule has 3 amide bonds. The van der Waals surface area contributed by atoms with Crippen LogP contribution < -0.4 is 16.4 Å². The molecule has 0 saturated carbocycles. The van der Waals surface area contributed by atoms with Crippen molar-refractivity contribution in [2.24, 2.45) is 0 Å². The summed E-state index contributed by atoms with van der Waals surface area (Å²) in [6.45, 7) is 1.55. The van der Waals surface area contributed by atoms with Gasteiger partial charge in [-0.25, -0.2) is 4.79 Å². The van der Waals surface area contributed by atoms with Gasteiger partial charge in [0.2, 0.25) is 0 Å². The molecule has 0 aromatic carbocycles. The highest BCUT2D eigenvalue weighted by molar-refractivity contribution is 5.95. The number of nitrogen functional groups attached to an aromatic ring is 1. The number of nitrogens with one attached hydrogen (secondary N) is 2. The number of aromatic nitrogens is 3. The van der Waals surface area contributed by atoms with E-state index in [0.717, 1.165) is 4.80 Å². The molecule has 15 heavy (non-hydrogen) atoms. The maximum Gasteiger partial charge on any atom is 0.321 e. The Morgan fingerprint density at radius 1 is 1.60 bits per heavy atom. The molecule has 1 rings (SSSR count). The molecule has 1 atom stereocenters. The maximum atomic E-state index is 11.4. The number of nitrogens with two attached hydrogens (primary N) is 1. The zero-order valence-corrected chi connectivity index (χ0v) is 8.39. The van der Waals surface area contributed by atoms with Crippen molar-refractivity contribution >= 4 is 17.8 Å². The number of urea groups is 1. The zero-order chi connectivity index (χ0) is 11.4. The van der Waals surface area contributed by atoms with Gasteiger partial charge >= 0.3 is 6.03 Å². The summed E-state index contributed by atoms with van der Waals surface area (Å²) in [5.41, 5.74) is 5.34. The second kappa shape index (κ2) is 4.40. The Morgan fingerprint density at radius 3 is 2.73 bits per heavy atom. The molecule has 82 valence electrons. The van der Waals surface area contributed by atoms with Crippen LogP contribution in [-0.4, -0.2) is 34.0 Å². The number of anilines is 1. The summed E-state index contributed by atoms with van der Waals surface area (Å²) < 4.78 is 0. The fourth-order valence-electron chi connectivity index (χ4n) is 0.859. The van der Waals surface area contributed by atoms with Crippen LogP contribution >= 0.6 is 0 Å². The largest absolute Gasteiger partial charge is 0.381 e. The van der Waals surface area contributed by atoms with Crippen molar-refractivity contribution < 1.29 is 9.59 Å². The lowest BCUT2D eigenvalue weighted by Crippen LogP contribution is -2.41. The van der Waals surface area contributed by atoms with E-state index in [0.29, 0.717) is 0 Å². The highest BCUT2D eigenvalue weighted by Crippen LogP contribution is 2.03. The molecule has 4 N–H and O–H groups in total. The monoisotopic (exact) mass is 212 g/mol. The molecule has 1 heterocycles. The Bertz CT molecular complexity index is 373. The Morgan fingerprint density at radius 2 is 2.27 bits per heavy atom. The van der Waals surface area contributed by atoms with Crippen molar-refractivity contribution in [1.29, 1.82) is 0 Å². The number of amides is 3. The summed E-state index contributed by atoms with van der Waals surface area (Å²) in [5, 5.41) is 11.9. The van der Waals surface area contributed by atoms with Gasteiger partial charge in [0.05, 0.1) is 6.20 Å². The lowest BCUT2D eigenvalue weighted by molar-refractivity contribution is -0.123. The third kappa shape index (κ3) is 2.66. The van der Waals surface area contributed by atoms with E-state index in [1.807, 2.05) is 0 Å². The average Bonchev–Trinajstić information content (AvgIpc) is 2.63. The van der Waals surface area contributed by atoms with Crippen molar-refractivity contribution in [2.45, 2.75) is 13.0 Å². The van der Waals surface area contributed by atoms with E-state index in [-0.39, 0.29) is 5.82 Å². The lowest BCUT2D eigenvalue weighted by atomic mass is 10.3. The molecule has 1 aromatic heterocycles. The third-order valence-corrected chi connectivity index (χ3v) is 1.72. The van der Waals surface area contributed by atoms with Crippen LogP contribution in [0.25, 0.3) is 0 Å². The first-order valence-electron chi connectivity index (χ1n) is 4.24. The van der Waals surface area contributed by atoms with E-state index in [4.69, 9.17) is 5.73 Å². The van der Waals surface area contributed by atoms with Crippen LogP contribution in [0.5, 0.6) is 0 Å². The van der Waals surface area contributed by atoms with Gasteiger partial charge in [0.15, 0.2) is 5.82 Å². The first-order chi connectivity index (χ1) is 7.04. The minimum atomic E-state index is -0.695. The first-order valence-corrected chi connectivity index (χ1v) is 4.24. The van der Waals surface area contributed by atoms with Crippen molar-refractivity contribution in [3.05, 3.63) is 6.20 Å². The molecule has 0 radical (unpaired) electrons. The van der Waals surface area contributed by atoms with E-state index in [9.17, 15) is 9.59 Å². The Hall–Kier alpha value is -2.12. The van der Waals surface area contributed by atoms with Crippen molar-refractivity contribution in [3.8, 4) is 0 Å². The van der Waals surface area contributed by atoms with Gasteiger partial charge in [-0.15, -0.1) is 5.10 Å². The topological polar surface area (TPSA) is 115 Å². The van der Waals surface area contributed by atoms with Crippen LogP contribution in [0.1, 0.15) is 13.0 Å². The minimum absolute atomic E-state index is 0.217. The van der Waals surface area contributed by atoms with Crippen LogP contribution in [0.15, 0.2) is 6.20 Å². The molecule has 0 bridgehead atoms. The Labute approximate surface area is 85.8 Å². The Kier molecular flexibility index (Phi) is 3.21. The predicted octanol–water partition coefficient (Wildman–Crippen LogP) is -1.12. The van der Waals surface area contributed by atoms with Gasteiger partial charge in [0, 0.05) is 7.05 Å². The molecule has 8 heteroatoms. The van der Waals surface area contributed by atoms with Gasteiger partial charge in [0.25, 0.3) is 5.91 Å². The summed E-state index contributed by atoms with van der Waals surface area (Å²) in [6, 6.07) is -1.27. The van der Waals surface area contributed by atoms with Crippen molar-refractivity contribution in [3.63, 3.8) is 0 Å². The van der Waals surface area contributed by atoms with Crippen LogP contribution in [0, 0.1) is 0 Å². The van der Waals surface area contributed by atoms with Gasteiger partial charge in [-0.3, -0.25) is 10.1 Å². The predicted molar refractivity (Wildman–Crippen MR) is 51.7 cm³/mol. The van der Waals surface area contributed by atoms with Crippen LogP contribution in [0.4, 0.5) is 10.6 Å². The van der Waals surface area contributed by atoms with Gasteiger partial charge in [-0.1, -0.05) is 0 Å². The van der Waals surface area contributed by atoms with Gasteiger partial charge in [0.1, 0.15) is 6.04 Å². The second-order valence-electron chi connectivity index (χ2n) is 2.83. The number of carbonyl (C=O) groups is 2. The molecule has 0 aliphatic rings. The number of hydrogen-bond donors (Lipinski definition) is 3. The van der Waals surface area contributed by atoms with E-state index in [1.54, 1.807) is 6.92 Å². The molecule has 0 spiro atoms. The van der Waals surface area contributed by atoms with Crippen LogP contribution in [0.3, 0.4) is 0 Å². The number of rotatable bonds is 2. The van der Waals surface area contributed by atoms with E-state index >= 15 is 0 Å². The molecule has 0 aliphatic carbocycles. The molecule has 0 fully saturated rings. The molecule has 1 unspecified atom stereocenters. The summed E-state index contributed by atoms with van der Waals surface area (Å²) in [5.74, 6) is -0.292.